The predicted octanol–water partition coefficient (Wildman–Crippen LogP) is 2.93. The normalized spacial score (nSPS) is 19.4. The van der Waals surface area contributed by atoms with Crippen molar-refractivity contribution in [3.63, 3.8) is 0 Å². The third kappa shape index (κ3) is 3.23. The maximum atomic E-state index is 12.4. The number of nitrogens with zero attached hydrogens (tertiary/aromatic N) is 1. The van der Waals surface area contributed by atoms with Gasteiger partial charge in [-0.05, 0) is 43.4 Å². The Bertz CT molecular complexity index is 524. The first-order valence-corrected chi connectivity index (χ1v) is 8.44. The van der Waals surface area contributed by atoms with Crippen LogP contribution in [0.1, 0.15) is 37.7 Å². The number of hydrogen-bond donors (Lipinski definition) is 2. The topological polar surface area (TPSA) is 52.6 Å². The van der Waals surface area contributed by atoms with Crippen molar-refractivity contribution < 1.29 is 9.90 Å². The summed E-state index contributed by atoms with van der Waals surface area (Å²) in [7, 11) is 0. The van der Waals surface area contributed by atoms with E-state index in [1.165, 1.54) is 12.0 Å². The highest BCUT2D eigenvalue weighted by Gasteiger charge is 2.40. The maximum Gasteiger partial charge on any atom is 0.317 e. The number of urea groups is 1. The molecule has 0 radical (unpaired) electrons. The molecule has 0 saturated heterocycles. The number of rotatable bonds is 6. The molecule has 0 unspecified atom stereocenters. The van der Waals surface area contributed by atoms with Gasteiger partial charge in [0.05, 0.1) is 6.61 Å². The van der Waals surface area contributed by atoms with E-state index in [9.17, 15) is 4.79 Å². The minimum Gasteiger partial charge on any atom is -0.395 e. The Morgan fingerprint density at radius 3 is 2.50 bits per heavy atom. The molecule has 2 aliphatic rings. The second-order valence-corrected chi connectivity index (χ2v) is 6.88. The summed E-state index contributed by atoms with van der Waals surface area (Å²) in [5, 5.41) is 12.9. The number of hydrogen-bond acceptors (Lipinski definition) is 2. The average molecular weight is 323 g/mol. The predicted molar refractivity (Wildman–Crippen MR) is 87.2 cm³/mol. The summed E-state index contributed by atoms with van der Waals surface area (Å²) in [5.41, 5.74) is 1.30. The second kappa shape index (κ2) is 6.47. The Balaban J connectivity index is 1.63. The maximum absolute atomic E-state index is 12.4. The SMILES string of the molecule is O=C(NCC1(c2ccc(Cl)cc2)CCC1)N(CCO)C1CC1. The molecule has 0 aromatic heterocycles. The summed E-state index contributed by atoms with van der Waals surface area (Å²) in [5.74, 6) is 0. The molecule has 1 aromatic carbocycles. The molecule has 120 valence electrons. The van der Waals surface area contributed by atoms with Crippen LogP contribution >= 0.6 is 11.6 Å². The highest BCUT2D eigenvalue weighted by molar-refractivity contribution is 6.30. The number of benzene rings is 1. The Morgan fingerprint density at radius 2 is 2.00 bits per heavy atom. The highest BCUT2D eigenvalue weighted by Crippen LogP contribution is 2.43. The van der Waals surface area contributed by atoms with Gasteiger partial charge in [0, 0.05) is 29.6 Å². The Kier molecular flexibility index (Phi) is 4.59. The molecule has 1 aromatic rings. The average Bonchev–Trinajstić information content (AvgIpc) is 3.29. The highest BCUT2D eigenvalue weighted by atomic mass is 35.5. The number of carbonyl (C=O) groups is 1. The van der Waals surface area contributed by atoms with Gasteiger partial charge in [-0.1, -0.05) is 30.2 Å². The van der Waals surface area contributed by atoms with Crippen molar-refractivity contribution in [2.24, 2.45) is 0 Å². The van der Waals surface area contributed by atoms with Crippen LogP contribution in [-0.4, -0.2) is 41.8 Å². The smallest absolute Gasteiger partial charge is 0.317 e. The number of nitrogens with one attached hydrogen (secondary N) is 1. The van der Waals surface area contributed by atoms with Crippen LogP contribution < -0.4 is 5.32 Å². The van der Waals surface area contributed by atoms with Crippen LogP contribution in [0.25, 0.3) is 0 Å². The molecule has 4 nitrogen and oxygen atoms in total. The summed E-state index contributed by atoms with van der Waals surface area (Å²) < 4.78 is 0. The van der Waals surface area contributed by atoms with Crippen molar-refractivity contribution in [3.8, 4) is 0 Å². The van der Waals surface area contributed by atoms with E-state index in [2.05, 4.69) is 17.4 Å². The fraction of sp³-hybridized carbons (Fsp3) is 0.588. The molecule has 22 heavy (non-hydrogen) atoms. The zero-order valence-corrected chi connectivity index (χ0v) is 13.5. The molecule has 2 N–H and O–H groups in total. The van der Waals surface area contributed by atoms with Crippen molar-refractivity contribution in [3.05, 3.63) is 34.9 Å². The number of aliphatic hydroxyl groups excluding tert-OH is 1. The van der Waals surface area contributed by atoms with Gasteiger partial charge in [0.25, 0.3) is 0 Å². The molecule has 0 atom stereocenters. The molecule has 0 aliphatic heterocycles. The zero-order chi connectivity index (χ0) is 15.6. The van der Waals surface area contributed by atoms with Gasteiger partial charge in [0.15, 0.2) is 0 Å². The van der Waals surface area contributed by atoms with Crippen LogP contribution in [0.5, 0.6) is 0 Å². The monoisotopic (exact) mass is 322 g/mol. The van der Waals surface area contributed by atoms with Gasteiger partial charge < -0.3 is 15.3 Å². The van der Waals surface area contributed by atoms with Crippen LogP contribution in [0.2, 0.25) is 5.02 Å². The summed E-state index contributed by atoms with van der Waals surface area (Å²) >= 11 is 5.97. The van der Waals surface area contributed by atoms with Crippen molar-refractivity contribution >= 4 is 17.6 Å². The van der Waals surface area contributed by atoms with E-state index >= 15 is 0 Å². The summed E-state index contributed by atoms with van der Waals surface area (Å²) in [6, 6.07) is 8.25. The minimum atomic E-state index is -0.0446. The molecule has 2 fully saturated rings. The van der Waals surface area contributed by atoms with E-state index in [4.69, 9.17) is 16.7 Å². The fourth-order valence-electron chi connectivity index (χ4n) is 3.26. The quantitative estimate of drug-likeness (QED) is 0.846. The van der Waals surface area contributed by atoms with Crippen LogP contribution in [-0.2, 0) is 5.41 Å². The molecule has 2 saturated carbocycles. The van der Waals surface area contributed by atoms with E-state index in [0.29, 0.717) is 19.1 Å². The van der Waals surface area contributed by atoms with Gasteiger partial charge in [0.2, 0.25) is 0 Å². The van der Waals surface area contributed by atoms with E-state index in [0.717, 1.165) is 30.7 Å². The molecule has 2 amide bonds. The molecule has 3 rings (SSSR count). The molecular formula is C17H23ClN2O2. The van der Waals surface area contributed by atoms with Gasteiger partial charge in [-0.3, -0.25) is 0 Å². The molecule has 0 spiro atoms. The molecule has 2 aliphatic carbocycles. The lowest BCUT2D eigenvalue weighted by Gasteiger charge is -2.43. The molecule has 0 bridgehead atoms. The lowest BCUT2D eigenvalue weighted by Crippen LogP contribution is -2.50. The first-order valence-electron chi connectivity index (χ1n) is 8.06. The zero-order valence-electron chi connectivity index (χ0n) is 12.7. The van der Waals surface area contributed by atoms with Crippen LogP contribution in [0, 0.1) is 0 Å². The Morgan fingerprint density at radius 1 is 1.32 bits per heavy atom. The largest absolute Gasteiger partial charge is 0.395 e. The molecule has 0 heterocycles. The minimum absolute atomic E-state index is 0.0201. The lowest BCUT2D eigenvalue weighted by molar-refractivity contribution is 0.164. The van der Waals surface area contributed by atoms with Crippen molar-refractivity contribution in [1.82, 2.24) is 10.2 Å². The van der Waals surface area contributed by atoms with Gasteiger partial charge in [-0.15, -0.1) is 0 Å². The van der Waals surface area contributed by atoms with Crippen LogP contribution in [0.15, 0.2) is 24.3 Å². The summed E-state index contributed by atoms with van der Waals surface area (Å²) in [4.78, 5) is 14.1. The van der Waals surface area contributed by atoms with Gasteiger partial charge in [-0.2, -0.15) is 0 Å². The fourth-order valence-corrected chi connectivity index (χ4v) is 3.39. The van der Waals surface area contributed by atoms with Crippen LogP contribution in [0.3, 0.4) is 0 Å². The molecule has 5 heteroatoms. The van der Waals surface area contributed by atoms with Crippen LogP contribution in [0.4, 0.5) is 4.79 Å². The van der Waals surface area contributed by atoms with Gasteiger partial charge in [-0.25, -0.2) is 4.79 Å². The van der Waals surface area contributed by atoms with Crippen molar-refractivity contribution in [2.45, 2.75) is 43.6 Å². The first kappa shape index (κ1) is 15.6. The number of aliphatic hydroxyl groups is 1. The van der Waals surface area contributed by atoms with Crippen molar-refractivity contribution in [1.29, 1.82) is 0 Å². The lowest BCUT2D eigenvalue weighted by atomic mass is 9.64. The molecular weight excluding hydrogens is 300 g/mol. The van der Waals surface area contributed by atoms with E-state index in [1.807, 2.05) is 12.1 Å². The summed E-state index contributed by atoms with van der Waals surface area (Å²) in [6.45, 7) is 1.10. The Labute approximate surface area is 136 Å². The number of carbonyl (C=O) groups excluding carboxylic acids is 1. The second-order valence-electron chi connectivity index (χ2n) is 6.45. The number of halogens is 1. The third-order valence-electron chi connectivity index (χ3n) is 4.93. The number of amides is 2. The third-order valence-corrected chi connectivity index (χ3v) is 5.19. The van der Waals surface area contributed by atoms with E-state index in [1.54, 1.807) is 4.90 Å². The summed E-state index contributed by atoms with van der Waals surface area (Å²) in [6.07, 6.45) is 5.49. The van der Waals surface area contributed by atoms with E-state index < -0.39 is 0 Å². The van der Waals surface area contributed by atoms with Crippen molar-refractivity contribution in [2.75, 3.05) is 19.7 Å². The van der Waals surface area contributed by atoms with E-state index in [-0.39, 0.29) is 18.1 Å². The standard InChI is InChI=1S/C17H23ClN2O2/c18-14-4-2-13(3-5-14)17(8-1-9-17)12-19-16(22)20(10-11-21)15-6-7-15/h2-5,15,21H,1,6-12H2,(H,19,22). The first-order chi connectivity index (χ1) is 10.6. The Hall–Kier alpha value is -1.26. The van der Waals surface area contributed by atoms with Gasteiger partial charge >= 0.3 is 6.03 Å². The van der Waals surface area contributed by atoms with Gasteiger partial charge in [0.1, 0.15) is 0 Å².